The molecule has 0 radical (unpaired) electrons. The zero-order valence-corrected chi connectivity index (χ0v) is 13.9. The number of hydrogen-bond acceptors (Lipinski definition) is 5. The normalized spacial score (nSPS) is 20.0. The fourth-order valence-corrected chi connectivity index (χ4v) is 3.89. The summed E-state index contributed by atoms with van der Waals surface area (Å²) in [7, 11) is 0. The number of ether oxygens (including phenoxy) is 1. The van der Waals surface area contributed by atoms with Crippen molar-refractivity contribution in [3.63, 3.8) is 0 Å². The minimum atomic E-state index is 0.761. The number of nitrogens with one attached hydrogen (secondary N) is 1. The molecule has 2 aliphatic rings. The molecule has 21 heavy (non-hydrogen) atoms. The van der Waals surface area contributed by atoms with Crippen LogP contribution in [0.25, 0.3) is 0 Å². The van der Waals surface area contributed by atoms with Gasteiger partial charge in [-0.3, -0.25) is 4.90 Å². The van der Waals surface area contributed by atoms with Crippen LogP contribution >= 0.6 is 11.3 Å². The standard InChI is InChI=1S/C16H27N3OS/c1-2-6-17-12-14-16(13-3-4-13)18-15(21-14)5-7-19-8-10-20-11-9-19/h13,17H,2-12H2,1H3. The Labute approximate surface area is 131 Å². The molecule has 0 spiro atoms. The van der Waals surface area contributed by atoms with E-state index < -0.39 is 0 Å². The summed E-state index contributed by atoms with van der Waals surface area (Å²) in [6.07, 6.45) is 4.97. The number of morpholine rings is 1. The highest BCUT2D eigenvalue weighted by molar-refractivity contribution is 7.11. The number of nitrogens with zero attached hydrogens (tertiary/aromatic N) is 2. The summed E-state index contributed by atoms with van der Waals surface area (Å²) in [5.74, 6) is 0.761. The van der Waals surface area contributed by atoms with Crippen LogP contribution in [0.2, 0.25) is 0 Å². The highest BCUT2D eigenvalue weighted by Gasteiger charge is 2.29. The first-order valence-electron chi connectivity index (χ1n) is 8.36. The van der Waals surface area contributed by atoms with Gasteiger partial charge in [-0.05, 0) is 25.8 Å². The molecular formula is C16H27N3OS. The van der Waals surface area contributed by atoms with Crippen LogP contribution in [-0.2, 0) is 17.7 Å². The topological polar surface area (TPSA) is 37.4 Å². The van der Waals surface area contributed by atoms with Crippen molar-refractivity contribution in [3.8, 4) is 0 Å². The lowest BCUT2D eigenvalue weighted by Crippen LogP contribution is -2.37. The summed E-state index contributed by atoms with van der Waals surface area (Å²) in [5, 5.41) is 4.87. The first-order chi connectivity index (χ1) is 10.4. The molecule has 1 N–H and O–H groups in total. The molecule has 1 aliphatic carbocycles. The summed E-state index contributed by atoms with van der Waals surface area (Å²) in [6.45, 7) is 9.38. The lowest BCUT2D eigenvalue weighted by Gasteiger charge is -2.25. The number of hydrogen-bond donors (Lipinski definition) is 1. The van der Waals surface area contributed by atoms with Gasteiger partial charge >= 0.3 is 0 Å². The van der Waals surface area contributed by atoms with Gasteiger partial charge < -0.3 is 10.1 Å². The Hall–Kier alpha value is -0.490. The van der Waals surface area contributed by atoms with Gasteiger partial charge in [0.1, 0.15) is 0 Å². The van der Waals surface area contributed by atoms with Crippen LogP contribution in [0.3, 0.4) is 0 Å². The van der Waals surface area contributed by atoms with Crippen molar-refractivity contribution in [3.05, 3.63) is 15.6 Å². The van der Waals surface area contributed by atoms with E-state index in [0.29, 0.717) is 0 Å². The van der Waals surface area contributed by atoms with Crippen LogP contribution in [0.5, 0.6) is 0 Å². The maximum atomic E-state index is 5.41. The number of rotatable bonds is 8. The van der Waals surface area contributed by atoms with Gasteiger partial charge in [0.25, 0.3) is 0 Å². The summed E-state index contributed by atoms with van der Waals surface area (Å²) >= 11 is 1.94. The predicted molar refractivity (Wildman–Crippen MR) is 87.0 cm³/mol. The number of thiazole rings is 1. The van der Waals surface area contributed by atoms with E-state index in [4.69, 9.17) is 9.72 Å². The van der Waals surface area contributed by atoms with E-state index in [1.807, 2.05) is 11.3 Å². The van der Waals surface area contributed by atoms with Crippen molar-refractivity contribution in [1.29, 1.82) is 0 Å². The van der Waals surface area contributed by atoms with Gasteiger partial charge in [-0.25, -0.2) is 4.98 Å². The van der Waals surface area contributed by atoms with Crippen molar-refractivity contribution in [1.82, 2.24) is 15.2 Å². The van der Waals surface area contributed by atoms with Crippen molar-refractivity contribution < 1.29 is 4.74 Å². The van der Waals surface area contributed by atoms with Crippen LogP contribution in [0, 0.1) is 0 Å². The second kappa shape index (κ2) is 7.68. The van der Waals surface area contributed by atoms with Crippen molar-refractivity contribution in [2.24, 2.45) is 0 Å². The Balaban J connectivity index is 1.55. The van der Waals surface area contributed by atoms with Crippen LogP contribution in [0.4, 0.5) is 0 Å². The average molecular weight is 309 g/mol. The van der Waals surface area contributed by atoms with Gasteiger partial charge in [0.15, 0.2) is 0 Å². The van der Waals surface area contributed by atoms with Crippen LogP contribution in [0.15, 0.2) is 0 Å². The summed E-state index contributed by atoms with van der Waals surface area (Å²) in [5.41, 5.74) is 1.40. The van der Waals surface area contributed by atoms with Crippen molar-refractivity contribution in [2.75, 3.05) is 39.4 Å². The third-order valence-electron chi connectivity index (χ3n) is 4.19. The smallest absolute Gasteiger partial charge is 0.0944 e. The highest BCUT2D eigenvalue weighted by Crippen LogP contribution is 2.42. The summed E-state index contributed by atoms with van der Waals surface area (Å²) in [6, 6.07) is 0. The largest absolute Gasteiger partial charge is 0.379 e. The molecule has 0 aromatic carbocycles. The summed E-state index contributed by atoms with van der Waals surface area (Å²) in [4.78, 5) is 8.94. The molecule has 1 aromatic rings. The Bertz CT molecular complexity index is 439. The van der Waals surface area contributed by atoms with E-state index in [2.05, 4.69) is 17.1 Å². The second-order valence-electron chi connectivity index (χ2n) is 6.07. The molecule has 2 heterocycles. The molecule has 3 rings (SSSR count). The Morgan fingerprint density at radius 2 is 2.14 bits per heavy atom. The van der Waals surface area contributed by atoms with Gasteiger partial charge in [0, 0.05) is 43.4 Å². The molecule has 0 bridgehead atoms. The predicted octanol–water partition coefficient (Wildman–Crippen LogP) is 2.39. The minimum Gasteiger partial charge on any atom is -0.379 e. The van der Waals surface area contributed by atoms with E-state index in [0.717, 1.165) is 58.3 Å². The molecule has 1 aliphatic heterocycles. The molecule has 5 heteroatoms. The van der Waals surface area contributed by atoms with E-state index in [1.165, 1.54) is 34.8 Å². The van der Waals surface area contributed by atoms with Crippen LogP contribution in [0.1, 0.15) is 47.7 Å². The van der Waals surface area contributed by atoms with E-state index >= 15 is 0 Å². The van der Waals surface area contributed by atoms with Gasteiger partial charge in [-0.1, -0.05) is 6.92 Å². The van der Waals surface area contributed by atoms with E-state index in [1.54, 1.807) is 0 Å². The average Bonchev–Trinajstić information content (AvgIpc) is 3.28. The third kappa shape index (κ3) is 4.49. The fraction of sp³-hybridized carbons (Fsp3) is 0.812. The van der Waals surface area contributed by atoms with Gasteiger partial charge in [-0.2, -0.15) is 0 Å². The van der Waals surface area contributed by atoms with Gasteiger partial charge in [0.2, 0.25) is 0 Å². The van der Waals surface area contributed by atoms with E-state index in [9.17, 15) is 0 Å². The Morgan fingerprint density at radius 3 is 2.86 bits per heavy atom. The quantitative estimate of drug-likeness (QED) is 0.748. The fourth-order valence-electron chi connectivity index (χ4n) is 2.78. The maximum Gasteiger partial charge on any atom is 0.0944 e. The molecule has 0 atom stereocenters. The first kappa shape index (κ1) is 15.4. The van der Waals surface area contributed by atoms with Gasteiger partial charge in [-0.15, -0.1) is 11.3 Å². The number of aromatic nitrogens is 1. The van der Waals surface area contributed by atoms with Crippen molar-refractivity contribution >= 4 is 11.3 Å². The molecule has 0 amide bonds. The highest BCUT2D eigenvalue weighted by atomic mass is 32.1. The molecule has 0 unspecified atom stereocenters. The zero-order valence-electron chi connectivity index (χ0n) is 13.1. The van der Waals surface area contributed by atoms with E-state index in [-0.39, 0.29) is 0 Å². The molecule has 1 aromatic heterocycles. The second-order valence-corrected chi connectivity index (χ2v) is 7.24. The SMILES string of the molecule is CCCNCc1sc(CCN2CCOCC2)nc1C1CC1. The Morgan fingerprint density at radius 1 is 1.33 bits per heavy atom. The first-order valence-corrected chi connectivity index (χ1v) is 9.17. The molecule has 1 saturated heterocycles. The van der Waals surface area contributed by atoms with Crippen molar-refractivity contribution in [2.45, 2.75) is 45.1 Å². The zero-order chi connectivity index (χ0) is 14.5. The maximum absolute atomic E-state index is 5.41. The molecule has 4 nitrogen and oxygen atoms in total. The lowest BCUT2D eigenvalue weighted by molar-refractivity contribution is 0.0384. The van der Waals surface area contributed by atoms with Crippen LogP contribution in [-0.4, -0.2) is 49.3 Å². The molecular weight excluding hydrogens is 282 g/mol. The van der Waals surface area contributed by atoms with Gasteiger partial charge in [0.05, 0.1) is 23.9 Å². The molecule has 118 valence electrons. The van der Waals surface area contributed by atoms with Crippen LogP contribution < -0.4 is 5.32 Å². The summed E-state index contributed by atoms with van der Waals surface area (Å²) < 4.78 is 5.41. The monoisotopic (exact) mass is 309 g/mol. The Kier molecular flexibility index (Phi) is 5.63. The molecule has 1 saturated carbocycles. The lowest BCUT2D eigenvalue weighted by atomic mass is 10.2. The molecule has 2 fully saturated rings. The third-order valence-corrected chi connectivity index (χ3v) is 5.32. The minimum absolute atomic E-state index is 0.761.